The van der Waals surface area contributed by atoms with Gasteiger partial charge in [0.25, 0.3) is 0 Å². The maximum absolute atomic E-state index is 12.0. The molecule has 2 amide bonds. The number of aromatic hydroxyl groups is 2. The number of carbonyl (C=O) groups is 2. The van der Waals surface area contributed by atoms with Gasteiger partial charge in [-0.3, -0.25) is 14.5 Å². The molecular weight excluding hydrogens is 390 g/mol. The van der Waals surface area contributed by atoms with E-state index in [-0.39, 0.29) is 23.3 Å². The molecule has 31 heavy (non-hydrogen) atoms. The van der Waals surface area contributed by atoms with Gasteiger partial charge in [-0.1, -0.05) is 36.9 Å². The van der Waals surface area contributed by atoms with Crippen molar-refractivity contribution in [3.63, 3.8) is 0 Å². The zero-order chi connectivity index (χ0) is 22.0. The summed E-state index contributed by atoms with van der Waals surface area (Å²) in [4.78, 5) is 25.3. The molecular formula is C26H25NO4. The van der Waals surface area contributed by atoms with Gasteiger partial charge in [-0.15, -0.1) is 0 Å². The van der Waals surface area contributed by atoms with Crippen molar-refractivity contribution in [1.82, 2.24) is 4.90 Å². The van der Waals surface area contributed by atoms with E-state index in [4.69, 9.17) is 0 Å². The van der Waals surface area contributed by atoms with Crippen molar-refractivity contribution in [3.8, 4) is 11.5 Å². The third-order valence-electron chi connectivity index (χ3n) is 5.70. The van der Waals surface area contributed by atoms with Crippen LogP contribution in [0.25, 0.3) is 5.57 Å². The Hall–Kier alpha value is -3.60. The van der Waals surface area contributed by atoms with E-state index in [1.807, 2.05) is 24.3 Å². The molecule has 0 aromatic heterocycles. The summed E-state index contributed by atoms with van der Waals surface area (Å²) in [7, 11) is 0. The van der Waals surface area contributed by atoms with Crippen molar-refractivity contribution in [1.29, 1.82) is 0 Å². The van der Waals surface area contributed by atoms with E-state index < -0.39 is 0 Å². The first-order valence-corrected chi connectivity index (χ1v) is 10.5. The van der Waals surface area contributed by atoms with Crippen LogP contribution < -0.4 is 0 Å². The van der Waals surface area contributed by atoms with Gasteiger partial charge in [-0.25, -0.2) is 0 Å². The molecule has 0 spiro atoms. The predicted molar refractivity (Wildman–Crippen MR) is 119 cm³/mol. The highest BCUT2D eigenvalue weighted by molar-refractivity contribution is 6.01. The van der Waals surface area contributed by atoms with Crippen molar-refractivity contribution < 1.29 is 19.8 Å². The van der Waals surface area contributed by atoms with E-state index in [1.54, 1.807) is 24.3 Å². The van der Waals surface area contributed by atoms with Crippen LogP contribution >= 0.6 is 0 Å². The number of amides is 2. The Morgan fingerprint density at radius 3 is 1.84 bits per heavy atom. The second-order valence-corrected chi connectivity index (χ2v) is 7.99. The van der Waals surface area contributed by atoms with Crippen LogP contribution in [0, 0.1) is 0 Å². The van der Waals surface area contributed by atoms with Crippen LogP contribution in [-0.4, -0.2) is 33.5 Å². The number of rotatable bonds is 7. The fourth-order valence-electron chi connectivity index (χ4n) is 3.91. The van der Waals surface area contributed by atoms with Crippen LogP contribution in [-0.2, 0) is 9.59 Å². The minimum atomic E-state index is -0.0956. The summed E-state index contributed by atoms with van der Waals surface area (Å²) in [5, 5.41) is 19.5. The predicted octanol–water partition coefficient (Wildman–Crippen LogP) is 4.72. The molecule has 0 atom stereocenters. The summed E-state index contributed by atoms with van der Waals surface area (Å²) in [6, 6.07) is 14.1. The highest BCUT2D eigenvalue weighted by Crippen LogP contribution is 2.39. The number of carbonyl (C=O) groups excluding carboxylic acids is 2. The molecule has 1 saturated heterocycles. The van der Waals surface area contributed by atoms with Crippen LogP contribution in [0.5, 0.6) is 11.5 Å². The molecule has 0 radical (unpaired) electrons. The second-order valence-electron chi connectivity index (χ2n) is 7.99. The molecule has 2 aliphatic rings. The molecule has 5 nitrogen and oxygen atoms in total. The fraction of sp³-hybridized carbons (Fsp3) is 0.231. The van der Waals surface area contributed by atoms with Crippen LogP contribution in [0.15, 0.2) is 77.9 Å². The van der Waals surface area contributed by atoms with Crippen LogP contribution in [0.1, 0.15) is 43.2 Å². The Kier molecular flexibility index (Phi) is 5.76. The first-order valence-electron chi connectivity index (χ1n) is 10.5. The molecule has 2 N–H and O–H groups in total. The average Bonchev–Trinajstić information content (AvgIpc) is 3.36. The maximum atomic E-state index is 12.0. The standard InChI is InChI=1S/C26H25NO4/c1-17-15-21(17)16-20(3-2-14-27-24(30)12-13-25(27)31)26(18-4-8-22(28)9-5-18)19-6-10-23(29)11-7-19/h4-11,16,28-29H,1-3,12-15H2/b21-16-. The number of hydrogen-bond donors (Lipinski definition) is 2. The van der Waals surface area contributed by atoms with E-state index in [0.717, 1.165) is 34.3 Å². The van der Waals surface area contributed by atoms with Gasteiger partial charge in [-0.05, 0) is 76.9 Å². The molecule has 2 fully saturated rings. The van der Waals surface area contributed by atoms with Crippen molar-refractivity contribution in [3.05, 3.63) is 89.0 Å². The Bertz CT molecular complexity index is 1030. The Morgan fingerprint density at radius 1 is 0.903 bits per heavy atom. The molecule has 2 aromatic carbocycles. The largest absolute Gasteiger partial charge is 0.508 e. The van der Waals surface area contributed by atoms with Crippen molar-refractivity contribution in [2.24, 2.45) is 0 Å². The smallest absolute Gasteiger partial charge is 0.229 e. The summed E-state index contributed by atoms with van der Waals surface area (Å²) in [5.41, 5.74) is 6.25. The zero-order valence-corrected chi connectivity index (χ0v) is 17.3. The molecule has 0 bridgehead atoms. The number of likely N-dealkylation sites (tertiary alicyclic amines) is 1. The SMILES string of the molecule is C=C1C/C1=C/C(CCCN1C(=O)CCC1=O)=C(c1ccc(O)cc1)c1ccc(O)cc1. The summed E-state index contributed by atoms with van der Waals surface area (Å²) in [6.07, 6.45) is 4.96. The maximum Gasteiger partial charge on any atom is 0.229 e. The Balaban J connectivity index is 1.72. The molecule has 1 aliphatic carbocycles. The van der Waals surface area contributed by atoms with Gasteiger partial charge < -0.3 is 10.2 Å². The minimum Gasteiger partial charge on any atom is -0.508 e. The lowest BCUT2D eigenvalue weighted by Gasteiger charge is -2.17. The van der Waals surface area contributed by atoms with Gasteiger partial charge in [0.2, 0.25) is 11.8 Å². The van der Waals surface area contributed by atoms with Crippen molar-refractivity contribution >= 4 is 17.4 Å². The zero-order valence-electron chi connectivity index (χ0n) is 17.3. The molecule has 0 unspecified atom stereocenters. The monoisotopic (exact) mass is 415 g/mol. The van der Waals surface area contributed by atoms with Gasteiger partial charge in [-0.2, -0.15) is 0 Å². The van der Waals surface area contributed by atoms with Crippen molar-refractivity contribution in [2.75, 3.05) is 6.54 Å². The lowest BCUT2D eigenvalue weighted by atomic mass is 9.90. The van der Waals surface area contributed by atoms with E-state index in [2.05, 4.69) is 12.7 Å². The lowest BCUT2D eigenvalue weighted by molar-refractivity contribution is -0.138. The molecule has 1 aliphatic heterocycles. The number of hydrogen-bond acceptors (Lipinski definition) is 4. The normalized spacial score (nSPS) is 16.8. The van der Waals surface area contributed by atoms with Gasteiger partial charge in [0.05, 0.1) is 0 Å². The molecule has 5 heteroatoms. The van der Waals surface area contributed by atoms with E-state index >= 15 is 0 Å². The first-order chi connectivity index (χ1) is 14.9. The van der Waals surface area contributed by atoms with Gasteiger partial charge in [0, 0.05) is 19.4 Å². The second kappa shape index (κ2) is 8.64. The Morgan fingerprint density at radius 2 is 1.39 bits per heavy atom. The number of phenolic OH excluding ortho intramolecular Hbond substituents is 2. The van der Waals surface area contributed by atoms with Crippen LogP contribution in [0.4, 0.5) is 0 Å². The molecule has 4 rings (SSSR count). The summed E-state index contributed by atoms with van der Waals surface area (Å²) >= 11 is 0. The third-order valence-corrected chi connectivity index (χ3v) is 5.70. The number of imide groups is 1. The van der Waals surface area contributed by atoms with Crippen molar-refractivity contribution in [2.45, 2.75) is 32.1 Å². The molecule has 1 heterocycles. The summed E-state index contributed by atoms with van der Waals surface area (Å²) < 4.78 is 0. The Labute approximate surface area is 181 Å². The summed E-state index contributed by atoms with van der Waals surface area (Å²) in [5.74, 6) is 0.189. The first kappa shape index (κ1) is 20.7. The van der Waals surface area contributed by atoms with Gasteiger partial charge >= 0.3 is 0 Å². The van der Waals surface area contributed by atoms with E-state index in [1.165, 1.54) is 10.5 Å². The highest BCUT2D eigenvalue weighted by atomic mass is 16.3. The van der Waals surface area contributed by atoms with E-state index in [0.29, 0.717) is 32.2 Å². The van der Waals surface area contributed by atoms with Crippen LogP contribution in [0.3, 0.4) is 0 Å². The third kappa shape index (κ3) is 4.77. The van der Waals surface area contributed by atoms with Gasteiger partial charge in [0.15, 0.2) is 0 Å². The average molecular weight is 415 g/mol. The molecule has 158 valence electrons. The lowest BCUT2D eigenvalue weighted by Crippen LogP contribution is -2.30. The number of nitrogens with zero attached hydrogens (tertiary/aromatic N) is 1. The molecule has 1 saturated carbocycles. The number of benzene rings is 2. The van der Waals surface area contributed by atoms with E-state index in [9.17, 15) is 19.8 Å². The fourth-order valence-corrected chi connectivity index (χ4v) is 3.91. The molecule has 2 aromatic rings. The summed E-state index contributed by atoms with van der Waals surface area (Å²) in [6.45, 7) is 4.44. The number of allylic oxidation sites excluding steroid dienone is 4. The minimum absolute atomic E-state index is 0.0956. The number of phenols is 2. The quantitative estimate of drug-likeness (QED) is 0.642. The van der Waals surface area contributed by atoms with Gasteiger partial charge in [0.1, 0.15) is 11.5 Å². The highest BCUT2D eigenvalue weighted by Gasteiger charge is 2.28. The topological polar surface area (TPSA) is 77.8 Å². The van der Waals surface area contributed by atoms with Crippen LogP contribution in [0.2, 0.25) is 0 Å².